The molecule has 7 heteroatoms. The minimum absolute atomic E-state index is 0.103. The first kappa shape index (κ1) is 14.5. The molecule has 2 rings (SSSR count). The lowest BCUT2D eigenvalue weighted by molar-refractivity contribution is -0.121. The van der Waals surface area contributed by atoms with Crippen LogP contribution in [0.25, 0.3) is 0 Å². The van der Waals surface area contributed by atoms with E-state index in [1.54, 1.807) is 0 Å². The van der Waals surface area contributed by atoms with E-state index in [2.05, 4.69) is 27.2 Å². The highest BCUT2D eigenvalue weighted by Crippen LogP contribution is 2.28. The van der Waals surface area contributed by atoms with Crippen molar-refractivity contribution in [1.82, 2.24) is 9.97 Å². The zero-order valence-corrected chi connectivity index (χ0v) is 12.0. The largest absolute Gasteiger partial charge is 0.369 e. The van der Waals surface area contributed by atoms with Crippen LogP contribution in [0.2, 0.25) is 0 Å². The van der Waals surface area contributed by atoms with Crippen LogP contribution >= 0.6 is 0 Å². The Labute approximate surface area is 118 Å². The van der Waals surface area contributed by atoms with E-state index in [-0.39, 0.29) is 11.8 Å². The summed E-state index contributed by atoms with van der Waals surface area (Å²) < 4.78 is 0. The molecule has 1 aliphatic rings. The maximum absolute atomic E-state index is 11.3. The smallest absolute Gasteiger partial charge is 0.222 e. The number of nitrogens with zero attached hydrogens (tertiary/aromatic N) is 3. The normalized spacial score (nSPS) is 18.4. The second-order valence-corrected chi connectivity index (χ2v) is 5.17. The Morgan fingerprint density at radius 3 is 2.80 bits per heavy atom. The molecule has 1 saturated heterocycles. The fourth-order valence-electron chi connectivity index (χ4n) is 2.52. The van der Waals surface area contributed by atoms with Gasteiger partial charge in [-0.15, -0.1) is 0 Å². The van der Waals surface area contributed by atoms with Crippen molar-refractivity contribution in [3.05, 3.63) is 11.4 Å². The van der Waals surface area contributed by atoms with Gasteiger partial charge < -0.3 is 16.1 Å². The van der Waals surface area contributed by atoms with E-state index < -0.39 is 0 Å². The molecule has 0 saturated carbocycles. The summed E-state index contributed by atoms with van der Waals surface area (Å²) in [6, 6.07) is 0. The van der Waals surface area contributed by atoms with Crippen molar-refractivity contribution in [3.63, 3.8) is 0 Å². The lowest BCUT2D eigenvalue weighted by Crippen LogP contribution is -2.28. The Hall–Kier alpha value is -1.89. The van der Waals surface area contributed by atoms with E-state index in [0.717, 1.165) is 43.0 Å². The van der Waals surface area contributed by atoms with Gasteiger partial charge in [0.2, 0.25) is 5.91 Å². The van der Waals surface area contributed by atoms with Crippen molar-refractivity contribution in [2.24, 2.45) is 17.5 Å². The molecule has 0 aromatic carbocycles. The second kappa shape index (κ2) is 6.04. The van der Waals surface area contributed by atoms with Gasteiger partial charge >= 0.3 is 0 Å². The first-order valence-corrected chi connectivity index (χ1v) is 6.95. The van der Waals surface area contributed by atoms with E-state index in [0.29, 0.717) is 12.4 Å². The topological polar surface area (TPSA) is 110 Å². The van der Waals surface area contributed by atoms with E-state index in [4.69, 9.17) is 11.6 Å². The molecule has 1 fully saturated rings. The first-order chi connectivity index (χ1) is 9.56. The molecule has 20 heavy (non-hydrogen) atoms. The molecule has 2 heterocycles. The molecular formula is C13H22N6O. The predicted molar refractivity (Wildman–Crippen MR) is 78.1 cm³/mol. The number of nitrogens with two attached hydrogens (primary N) is 2. The van der Waals surface area contributed by atoms with Gasteiger partial charge in [-0.25, -0.2) is 15.8 Å². The van der Waals surface area contributed by atoms with Crippen LogP contribution < -0.4 is 21.9 Å². The Morgan fingerprint density at radius 1 is 1.50 bits per heavy atom. The van der Waals surface area contributed by atoms with Crippen molar-refractivity contribution in [2.75, 3.05) is 23.4 Å². The molecule has 0 bridgehead atoms. The number of hydrogen-bond donors (Lipinski definition) is 3. The average molecular weight is 278 g/mol. The number of aromatic nitrogens is 2. The molecule has 1 aliphatic heterocycles. The summed E-state index contributed by atoms with van der Waals surface area (Å²) in [6.45, 7) is 5.40. The Balaban J connectivity index is 2.30. The number of rotatable bonds is 5. The highest BCUT2D eigenvalue weighted by atomic mass is 16.1. The molecular weight excluding hydrogens is 256 g/mol. The lowest BCUT2D eigenvalue weighted by atomic mass is 10.1. The minimum atomic E-state index is -0.245. The van der Waals surface area contributed by atoms with Gasteiger partial charge in [0, 0.05) is 25.1 Å². The fraction of sp³-hybridized carbons (Fsp3) is 0.615. The second-order valence-electron chi connectivity index (χ2n) is 5.17. The number of amides is 1. The average Bonchev–Trinajstić information content (AvgIpc) is 2.90. The van der Waals surface area contributed by atoms with Crippen LogP contribution in [0.4, 0.5) is 11.6 Å². The Bertz CT molecular complexity index is 504. The molecule has 0 aliphatic carbocycles. The summed E-state index contributed by atoms with van der Waals surface area (Å²) in [5.41, 5.74) is 8.90. The molecule has 5 N–H and O–H groups in total. The van der Waals surface area contributed by atoms with E-state index >= 15 is 0 Å². The number of nitrogens with one attached hydrogen (secondary N) is 1. The van der Waals surface area contributed by atoms with Crippen molar-refractivity contribution in [3.8, 4) is 0 Å². The maximum atomic E-state index is 11.3. The lowest BCUT2D eigenvalue weighted by Gasteiger charge is -2.21. The van der Waals surface area contributed by atoms with Gasteiger partial charge in [0.25, 0.3) is 0 Å². The van der Waals surface area contributed by atoms with E-state index in [9.17, 15) is 4.79 Å². The molecule has 1 aromatic heterocycles. The number of carbonyl (C=O) groups excluding carboxylic acids is 1. The minimum Gasteiger partial charge on any atom is -0.369 e. The molecule has 0 radical (unpaired) electrons. The Morgan fingerprint density at radius 2 is 2.25 bits per heavy atom. The zero-order chi connectivity index (χ0) is 14.7. The van der Waals surface area contributed by atoms with Crippen molar-refractivity contribution in [2.45, 2.75) is 33.1 Å². The number of nitrogen functional groups attached to an aromatic ring is 1. The van der Waals surface area contributed by atoms with Crippen LogP contribution in [-0.4, -0.2) is 29.0 Å². The number of carbonyl (C=O) groups is 1. The fourth-order valence-corrected chi connectivity index (χ4v) is 2.52. The third kappa shape index (κ3) is 2.82. The first-order valence-electron chi connectivity index (χ1n) is 6.95. The van der Waals surface area contributed by atoms with Crippen LogP contribution in [0.5, 0.6) is 0 Å². The highest BCUT2D eigenvalue weighted by molar-refractivity contribution is 5.78. The van der Waals surface area contributed by atoms with Crippen molar-refractivity contribution in [1.29, 1.82) is 0 Å². The van der Waals surface area contributed by atoms with Gasteiger partial charge in [-0.1, -0.05) is 6.92 Å². The van der Waals surface area contributed by atoms with Gasteiger partial charge in [-0.05, 0) is 19.8 Å². The summed E-state index contributed by atoms with van der Waals surface area (Å²) in [6.07, 6.45) is 2.54. The van der Waals surface area contributed by atoms with Gasteiger partial charge in [0.05, 0.1) is 5.92 Å². The standard InChI is InChI=1S/C13H22N6O/c1-3-4-10-16-12(18-15)8(2)13(17-10)19-6-5-9(7-19)11(14)20/h9H,3-7,15H2,1-2H3,(H2,14,20)(H,16,17,18). The number of anilines is 2. The van der Waals surface area contributed by atoms with Crippen molar-refractivity contribution >= 4 is 17.5 Å². The van der Waals surface area contributed by atoms with Crippen molar-refractivity contribution < 1.29 is 4.79 Å². The van der Waals surface area contributed by atoms with Gasteiger partial charge in [0.15, 0.2) is 0 Å². The summed E-state index contributed by atoms with van der Waals surface area (Å²) in [4.78, 5) is 22.4. The SMILES string of the molecule is CCCc1nc(NN)c(C)c(N2CCC(C(N)=O)C2)n1. The van der Waals surface area contributed by atoms with E-state index in [1.165, 1.54) is 0 Å². The van der Waals surface area contributed by atoms with Gasteiger partial charge in [-0.3, -0.25) is 4.79 Å². The summed E-state index contributed by atoms with van der Waals surface area (Å²) >= 11 is 0. The van der Waals surface area contributed by atoms with Crippen LogP contribution in [0.3, 0.4) is 0 Å². The Kier molecular flexibility index (Phi) is 4.39. The molecule has 7 nitrogen and oxygen atoms in total. The molecule has 1 atom stereocenters. The van der Waals surface area contributed by atoms with Crippen LogP contribution in [0, 0.1) is 12.8 Å². The molecule has 1 amide bonds. The third-order valence-electron chi connectivity index (χ3n) is 3.67. The van der Waals surface area contributed by atoms with Crippen LogP contribution in [-0.2, 0) is 11.2 Å². The predicted octanol–water partition coefficient (Wildman–Crippen LogP) is 0.335. The highest BCUT2D eigenvalue weighted by Gasteiger charge is 2.29. The molecule has 1 unspecified atom stereocenters. The third-order valence-corrected chi connectivity index (χ3v) is 3.67. The molecule has 110 valence electrons. The van der Waals surface area contributed by atoms with E-state index in [1.807, 2.05) is 6.92 Å². The molecule has 0 spiro atoms. The summed E-state index contributed by atoms with van der Waals surface area (Å²) in [5.74, 6) is 7.43. The summed E-state index contributed by atoms with van der Waals surface area (Å²) in [5, 5.41) is 0. The number of hydrazine groups is 1. The molecule has 1 aromatic rings. The quantitative estimate of drug-likeness (QED) is 0.529. The number of hydrogen-bond acceptors (Lipinski definition) is 6. The monoisotopic (exact) mass is 278 g/mol. The van der Waals surface area contributed by atoms with Crippen LogP contribution in [0.1, 0.15) is 31.2 Å². The summed E-state index contributed by atoms with van der Waals surface area (Å²) in [7, 11) is 0. The van der Waals surface area contributed by atoms with Gasteiger partial charge in [-0.2, -0.15) is 0 Å². The number of primary amides is 1. The zero-order valence-electron chi connectivity index (χ0n) is 12.0. The maximum Gasteiger partial charge on any atom is 0.222 e. The van der Waals surface area contributed by atoms with Crippen LogP contribution in [0.15, 0.2) is 0 Å². The van der Waals surface area contributed by atoms with Gasteiger partial charge in [0.1, 0.15) is 17.5 Å². The number of aryl methyl sites for hydroxylation is 1.